The minimum absolute atomic E-state index is 0.101. The van der Waals surface area contributed by atoms with Crippen LogP contribution in [-0.4, -0.2) is 41.9 Å². The third-order valence-electron chi connectivity index (χ3n) is 8.02. The van der Waals surface area contributed by atoms with Crippen LogP contribution >= 0.6 is 0 Å². The number of amides is 4. The van der Waals surface area contributed by atoms with E-state index in [0.717, 1.165) is 12.8 Å². The summed E-state index contributed by atoms with van der Waals surface area (Å²) in [7, 11) is 0. The number of nitrogens with zero attached hydrogens (tertiary/aromatic N) is 1. The van der Waals surface area contributed by atoms with E-state index in [1.54, 1.807) is 4.90 Å². The molecule has 3 aromatic carbocycles. The maximum absolute atomic E-state index is 14.1. The van der Waals surface area contributed by atoms with Crippen molar-refractivity contribution in [1.82, 2.24) is 15.5 Å². The molecule has 0 saturated carbocycles. The Bertz CT molecular complexity index is 1340. The molecule has 0 aliphatic carbocycles. The zero-order chi connectivity index (χ0) is 26.3. The van der Waals surface area contributed by atoms with Gasteiger partial charge in [0.25, 0.3) is 11.8 Å². The topological polar surface area (TPSA) is 87.7 Å². The van der Waals surface area contributed by atoms with Crippen molar-refractivity contribution in [3.63, 3.8) is 0 Å². The van der Waals surface area contributed by atoms with Gasteiger partial charge in [0.2, 0.25) is 0 Å². The van der Waals surface area contributed by atoms with Gasteiger partial charge in [0.05, 0.1) is 0 Å². The van der Waals surface area contributed by atoms with Crippen molar-refractivity contribution in [3.05, 3.63) is 101 Å². The minimum Gasteiger partial charge on any atom is -0.480 e. The molecule has 0 aromatic heterocycles. The molecule has 0 bridgehead atoms. The number of urea groups is 1. The van der Waals surface area contributed by atoms with E-state index in [-0.39, 0.29) is 29.6 Å². The third-order valence-corrected chi connectivity index (χ3v) is 8.02. The first-order chi connectivity index (χ1) is 18.4. The maximum Gasteiger partial charge on any atom is 0.322 e. The summed E-state index contributed by atoms with van der Waals surface area (Å²) in [6.07, 6.45) is 0.553. The van der Waals surface area contributed by atoms with Gasteiger partial charge in [-0.25, -0.2) is 9.18 Å². The van der Waals surface area contributed by atoms with Crippen LogP contribution in [0.2, 0.25) is 0 Å². The Morgan fingerprint density at radius 2 is 1.58 bits per heavy atom. The van der Waals surface area contributed by atoms with E-state index >= 15 is 0 Å². The number of benzene rings is 3. The van der Waals surface area contributed by atoms with Crippen molar-refractivity contribution >= 4 is 17.8 Å². The van der Waals surface area contributed by atoms with Crippen molar-refractivity contribution in [2.24, 2.45) is 5.92 Å². The van der Waals surface area contributed by atoms with Crippen molar-refractivity contribution in [2.75, 3.05) is 13.1 Å². The Hall–Kier alpha value is -4.20. The van der Waals surface area contributed by atoms with Crippen LogP contribution in [0.25, 0.3) is 0 Å². The highest BCUT2D eigenvalue weighted by Gasteiger charge is 2.55. The number of carbonyl (C=O) groups excluding carboxylic acids is 3. The molecular formula is C30H28FN3O4. The Labute approximate surface area is 220 Å². The molecule has 3 aromatic rings. The van der Waals surface area contributed by atoms with Gasteiger partial charge in [-0.05, 0) is 48.1 Å². The van der Waals surface area contributed by atoms with Crippen LogP contribution in [0.1, 0.15) is 41.9 Å². The van der Waals surface area contributed by atoms with E-state index < -0.39 is 29.4 Å². The average molecular weight is 514 g/mol. The van der Waals surface area contributed by atoms with Crippen LogP contribution in [0, 0.1) is 11.7 Å². The van der Waals surface area contributed by atoms with Gasteiger partial charge in [-0.2, -0.15) is 0 Å². The SMILES string of the molecule is O=C1NC(=O)[C@]2(C[C@H](C(=O)N3CCC(C(c4ccccc4)c4ccccc4)CC3)Oc3ccc(F)cc32)N1. The molecule has 38 heavy (non-hydrogen) atoms. The second kappa shape index (κ2) is 9.59. The fraction of sp³-hybridized carbons (Fsp3) is 0.300. The predicted molar refractivity (Wildman–Crippen MR) is 138 cm³/mol. The third kappa shape index (κ3) is 4.20. The first-order valence-electron chi connectivity index (χ1n) is 12.9. The molecule has 4 amide bonds. The van der Waals surface area contributed by atoms with Gasteiger partial charge in [-0.1, -0.05) is 60.7 Å². The molecule has 3 aliphatic rings. The number of hydrogen-bond acceptors (Lipinski definition) is 4. The van der Waals surface area contributed by atoms with Gasteiger partial charge >= 0.3 is 6.03 Å². The van der Waals surface area contributed by atoms with E-state index in [2.05, 4.69) is 59.2 Å². The van der Waals surface area contributed by atoms with Gasteiger partial charge in [0, 0.05) is 31.0 Å². The molecule has 0 unspecified atom stereocenters. The zero-order valence-electron chi connectivity index (χ0n) is 20.7. The number of fused-ring (bicyclic) bond motifs is 2. The summed E-state index contributed by atoms with van der Waals surface area (Å²) in [6, 6.07) is 24.0. The molecule has 2 fully saturated rings. The molecular weight excluding hydrogens is 485 g/mol. The number of carbonyl (C=O) groups is 3. The lowest BCUT2D eigenvalue weighted by molar-refractivity contribution is -0.143. The van der Waals surface area contributed by atoms with Crippen molar-refractivity contribution in [2.45, 2.75) is 36.8 Å². The standard InChI is InChI=1S/C30H28FN3O4/c31-22-11-12-24-23(17-22)30(28(36)32-29(37)33-30)18-25(38-24)27(35)34-15-13-21(14-16-34)26(19-7-3-1-4-8-19)20-9-5-2-6-10-20/h1-12,17,21,25-26H,13-16,18H2,(H2,32,33,36,37)/t25-,30-/m1/s1. The largest absolute Gasteiger partial charge is 0.480 e. The predicted octanol–water partition coefficient (Wildman–Crippen LogP) is 4.08. The zero-order valence-corrected chi connectivity index (χ0v) is 20.7. The second-order valence-electron chi connectivity index (χ2n) is 10.2. The first-order valence-corrected chi connectivity index (χ1v) is 12.9. The number of likely N-dealkylation sites (tertiary alicyclic amines) is 1. The molecule has 8 heteroatoms. The second-order valence-corrected chi connectivity index (χ2v) is 10.2. The van der Waals surface area contributed by atoms with Gasteiger partial charge < -0.3 is 15.0 Å². The number of nitrogens with one attached hydrogen (secondary N) is 2. The molecule has 194 valence electrons. The van der Waals surface area contributed by atoms with E-state index in [9.17, 15) is 18.8 Å². The summed E-state index contributed by atoms with van der Waals surface area (Å²) in [6.45, 7) is 1.11. The molecule has 1 spiro atoms. The van der Waals surface area contributed by atoms with Gasteiger partial charge in [0.1, 0.15) is 11.6 Å². The van der Waals surface area contributed by atoms with Gasteiger partial charge in [0.15, 0.2) is 11.6 Å². The lowest BCUT2D eigenvalue weighted by Crippen LogP contribution is -2.55. The van der Waals surface area contributed by atoms with Crippen molar-refractivity contribution in [3.8, 4) is 5.75 Å². The van der Waals surface area contributed by atoms with E-state index in [4.69, 9.17) is 4.74 Å². The van der Waals surface area contributed by atoms with Crippen LogP contribution in [-0.2, 0) is 15.1 Å². The monoisotopic (exact) mass is 513 g/mol. The molecule has 3 heterocycles. The summed E-state index contributed by atoms with van der Waals surface area (Å²) >= 11 is 0. The molecule has 2 saturated heterocycles. The molecule has 6 rings (SSSR count). The number of halogens is 1. The van der Waals surface area contributed by atoms with E-state index in [0.29, 0.717) is 19.0 Å². The quantitative estimate of drug-likeness (QED) is 0.515. The van der Waals surface area contributed by atoms with Crippen LogP contribution < -0.4 is 15.4 Å². The highest BCUT2D eigenvalue weighted by Crippen LogP contribution is 2.43. The first kappa shape index (κ1) is 24.2. The Morgan fingerprint density at radius 3 is 2.16 bits per heavy atom. The lowest BCUT2D eigenvalue weighted by atomic mass is 9.76. The van der Waals surface area contributed by atoms with Crippen LogP contribution in [0.3, 0.4) is 0 Å². The normalized spacial score (nSPS) is 23.1. The van der Waals surface area contributed by atoms with Gasteiger partial charge in [-0.15, -0.1) is 0 Å². The highest BCUT2D eigenvalue weighted by molar-refractivity contribution is 6.08. The number of piperidine rings is 1. The summed E-state index contributed by atoms with van der Waals surface area (Å²) in [5.41, 5.74) is 1.19. The molecule has 7 nitrogen and oxygen atoms in total. The average Bonchev–Trinajstić information content (AvgIpc) is 3.22. The fourth-order valence-electron chi connectivity index (χ4n) is 6.20. The van der Waals surface area contributed by atoms with Crippen LogP contribution in [0.5, 0.6) is 5.75 Å². The summed E-state index contributed by atoms with van der Waals surface area (Å²) in [5, 5.41) is 4.87. The van der Waals surface area contributed by atoms with Crippen LogP contribution in [0.4, 0.5) is 9.18 Å². The maximum atomic E-state index is 14.1. The Morgan fingerprint density at radius 1 is 0.947 bits per heavy atom. The fourth-order valence-corrected chi connectivity index (χ4v) is 6.20. The number of ether oxygens (including phenoxy) is 1. The summed E-state index contributed by atoms with van der Waals surface area (Å²) in [5.74, 6) is -0.602. The van der Waals surface area contributed by atoms with E-state index in [1.165, 1.54) is 29.3 Å². The summed E-state index contributed by atoms with van der Waals surface area (Å²) in [4.78, 5) is 40.4. The molecule has 3 aliphatic heterocycles. The van der Waals surface area contributed by atoms with Gasteiger partial charge in [-0.3, -0.25) is 14.9 Å². The van der Waals surface area contributed by atoms with E-state index in [1.807, 2.05) is 12.1 Å². The Balaban J connectivity index is 1.21. The Kier molecular flexibility index (Phi) is 6.10. The van der Waals surface area contributed by atoms with Crippen molar-refractivity contribution in [1.29, 1.82) is 0 Å². The summed E-state index contributed by atoms with van der Waals surface area (Å²) < 4.78 is 20.1. The number of hydrogen-bond donors (Lipinski definition) is 2. The number of rotatable bonds is 4. The smallest absolute Gasteiger partial charge is 0.322 e. The van der Waals surface area contributed by atoms with Crippen molar-refractivity contribution < 1.29 is 23.5 Å². The lowest BCUT2D eigenvalue weighted by Gasteiger charge is -2.41. The number of imide groups is 1. The highest BCUT2D eigenvalue weighted by atomic mass is 19.1. The molecule has 2 atom stereocenters. The minimum atomic E-state index is -1.54. The molecule has 2 N–H and O–H groups in total. The molecule has 0 radical (unpaired) electrons. The van der Waals surface area contributed by atoms with Crippen LogP contribution in [0.15, 0.2) is 78.9 Å².